The van der Waals surface area contributed by atoms with Gasteiger partial charge in [-0.3, -0.25) is 9.59 Å². The maximum absolute atomic E-state index is 10.1. The Kier molecular flexibility index (Phi) is 16.2. The van der Waals surface area contributed by atoms with Gasteiger partial charge >= 0.3 is 0 Å². The van der Waals surface area contributed by atoms with Gasteiger partial charge in [0.15, 0.2) is 5.78 Å². The predicted molar refractivity (Wildman–Crippen MR) is 75.9 cm³/mol. The van der Waals surface area contributed by atoms with Crippen molar-refractivity contribution in [2.45, 2.75) is 52.6 Å². The molecule has 0 aliphatic heterocycles. The molecule has 0 aromatic heterocycles. The molecular formula is C14H29NO4. The third-order valence-corrected chi connectivity index (χ3v) is 2.19. The van der Waals surface area contributed by atoms with Gasteiger partial charge in [-0.05, 0) is 18.8 Å². The fourth-order valence-electron chi connectivity index (χ4n) is 1.34. The number of carbonyl (C=O) groups is 2. The average Bonchev–Trinajstić information content (AvgIpc) is 2.89. The zero-order chi connectivity index (χ0) is 15.1. The van der Waals surface area contributed by atoms with Crippen molar-refractivity contribution in [3.8, 4) is 0 Å². The monoisotopic (exact) mass is 275 g/mol. The minimum Gasteiger partial charge on any atom is -0.389 e. The molecule has 0 atom stereocenters. The Morgan fingerprint density at radius 1 is 1.37 bits per heavy atom. The summed E-state index contributed by atoms with van der Waals surface area (Å²) in [6.45, 7) is 5.90. The van der Waals surface area contributed by atoms with Crippen LogP contribution in [0.1, 0.15) is 46.5 Å². The molecule has 5 nitrogen and oxygen atoms in total. The summed E-state index contributed by atoms with van der Waals surface area (Å²) in [5.41, 5.74) is 0. The molecule has 0 unspecified atom stereocenters. The van der Waals surface area contributed by atoms with Gasteiger partial charge in [0.2, 0.25) is 6.41 Å². The Balaban J connectivity index is 0. The van der Waals surface area contributed by atoms with Crippen LogP contribution in [-0.2, 0) is 14.3 Å². The van der Waals surface area contributed by atoms with Gasteiger partial charge in [0.05, 0.1) is 12.6 Å². The number of hydrogen-bond donors (Lipinski definition) is 2. The van der Waals surface area contributed by atoms with Crippen LogP contribution in [0, 0.1) is 5.92 Å². The molecule has 2 N–H and O–H groups in total. The molecule has 0 saturated heterocycles. The Hall–Kier alpha value is -0.940. The lowest BCUT2D eigenvalue weighted by atomic mass is 10.3. The topological polar surface area (TPSA) is 75.6 Å². The van der Waals surface area contributed by atoms with Gasteiger partial charge in [-0.2, -0.15) is 0 Å². The first kappa shape index (κ1) is 20.4. The van der Waals surface area contributed by atoms with E-state index in [1.165, 1.54) is 25.7 Å². The quantitative estimate of drug-likeness (QED) is 0.746. The number of nitrogens with one attached hydrogen (secondary N) is 1. The average molecular weight is 275 g/mol. The smallest absolute Gasteiger partial charge is 0.207 e. The van der Waals surface area contributed by atoms with Crippen LogP contribution in [0.3, 0.4) is 0 Å². The van der Waals surface area contributed by atoms with E-state index in [9.17, 15) is 9.59 Å². The number of aliphatic hydroxyl groups is 1. The number of rotatable bonds is 5. The summed E-state index contributed by atoms with van der Waals surface area (Å²) < 4.78 is 5.11. The fourth-order valence-corrected chi connectivity index (χ4v) is 1.34. The zero-order valence-electron chi connectivity index (χ0n) is 12.6. The van der Waals surface area contributed by atoms with Crippen molar-refractivity contribution in [1.82, 2.24) is 5.32 Å². The lowest BCUT2D eigenvalue weighted by Gasteiger charge is -2.02. The molecule has 114 valence electrons. The summed E-state index contributed by atoms with van der Waals surface area (Å²) in [4.78, 5) is 19.6. The Labute approximate surface area is 116 Å². The van der Waals surface area contributed by atoms with Crippen molar-refractivity contribution in [3.05, 3.63) is 0 Å². The van der Waals surface area contributed by atoms with E-state index < -0.39 is 12.4 Å². The van der Waals surface area contributed by atoms with Crippen LogP contribution in [0.15, 0.2) is 0 Å². The van der Waals surface area contributed by atoms with Crippen molar-refractivity contribution in [3.63, 3.8) is 0 Å². The van der Waals surface area contributed by atoms with E-state index in [1.807, 2.05) is 0 Å². The second-order valence-electron chi connectivity index (χ2n) is 5.07. The highest BCUT2D eigenvalue weighted by Gasteiger charge is 2.12. The summed E-state index contributed by atoms with van der Waals surface area (Å²) in [6, 6.07) is 0. The molecule has 5 heteroatoms. The summed E-state index contributed by atoms with van der Waals surface area (Å²) in [7, 11) is 1.80. The van der Waals surface area contributed by atoms with E-state index in [1.54, 1.807) is 7.11 Å². The number of aliphatic hydroxyl groups excluding tert-OH is 1. The first-order valence-corrected chi connectivity index (χ1v) is 6.80. The van der Waals surface area contributed by atoms with Crippen LogP contribution in [0.4, 0.5) is 0 Å². The van der Waals surface area contributed by atoms with Gasteiger partial charge < -0.3 is 15.2 Å². The summed E-state index contributed by atoms with van der Waals surface area (Å²) in [5.74, 6) is 0.442. The van der Waals surface area contributed by atoms with Gasteiger partial charge in [-0.1, -0.05) is 33.6 Å². The van der Waals surface area contributed by atoms with E-state index in [0.717, 1.165) is 5.92 Å². The molecule has 1 rings (SSSR count). The lowest BCUT2D eigenvalue weighted by Crippen LogP contribution is -2.23. The van der Waals surface area contributed by atoms with Crippen LogP contribution < -0.4 is 5.32 Å². The molecule has 0 aromatic carbocycles. The highest BCUT2D eigenvalue weighted by molar-refractivity contribution is 5.82. The van der Waals surface area contributed by atoms with Crippen molar-refractivity contribution < 1.29 is 19.4 Å². The van der Waals surface area contributed by atoms with Gasteiger partial charge in [0.1, 0.15) is 6.61 Å². The third-order valence-electron chi connectivity index (χ3n) is 2.19. The highest BCUT2D eigenvalue weighted by Crippen LogP contribution is 2.19. The lowest BCUT2D eigenvalue weighted by molar-refractivity contribution is -0.122. The third kappa shape index (κ3) is 19.6. The Bertz CT molecular complexity index is 211. The van der Waals surface area contributed by atoms with Crippen LogP contribution in [0.5, 0.6) is 0 Å². The SMILES string of the molecule is CC(C)C.COC1CCCC1.O=CNCC(=O)CO. The highest BCUT2D eigenvalue weighted by atomic mass is 16.5. The molecule has 0 aromatic rings. The Morgan fingerprint density at radius 3 is 2.11 bits per heavy atom. The van der Waals surface area contributed by atoms with Crippen molar-refractivity contribution in [2.75, 3.05) is 20.3 Å². The summed E-state index contributed by atoms with van der Waals surface area (Å²) in [6.07, 6.45) is 6.33. The fraction of sp³-hybridized carbons (Fsp3) is 0.857. The van der Waals surface area contributed by atoms with Crippen molar-refractivity contribution >= 4 is 12.2 Å². The molecule has 19 heavy (non-hydrogen) atoms. The number of hydrogen-bond acceptors (Lipinski definition) is 4. The second-order valence-corrected chi connectivity index (χ2v) is 5.07. The van der Waals surface area contributed by atoms with E-state index in [4.69, 9.17) is 9.84 Å². The van der Waals surface area contributed by atoms with Crippen molar-refractivity contribution in [2.24, 2.45) is 5.92 Å². The standard InChI is InChI=1S/C6H12O.C4H7NO3.C4H10/c1-7-6-4-2-3-5-6;6-2-4(8)1-5-3-7;1-4(2)3/h6H,2-5H2,1H3;3,6H,1-2H2,(H,5,7);4H,1-3H3. The summed E-state index contributed by atoms with van der Waals surface area (Å²) in [5, 5.41) is 10.2. The number of carbonyl (C=O) groups excluding carboxylic acids is 2. The molecule has 1 aliphatic carbocycles. The minimum absolute atomic E-state index is 0.0833. The van der Waals surface area contributed by atoms with Crippen molar-refractivity contribution in [1.29, 1.82) is 0 Å². The molecule has 0 spiro atoms. The molecular weight excluding hydrogens is 246 g/mol. The molecule has 1 aliphatic rings. The van der Waals surface area contributed by atoms with E-state index >= 15 is 0 Å². The molecule has 0 bridgehead atoms. The second kappa shape index (κ2) is 15.1. The molecule has 1 amide bonds. The number of Topliss-reactive ketones (excluding diaryl/α,β-unsaturated/α-hetero) is 1. The van der Waals surface area contributed by atoms with E-state index in [0.29, 0.717) is 12.5 Å². The maximum Gasteiger partial charge on any atom is 0.207 e. The van der Waals surface area contributed by atoms with Crippen LogP contribution >= 0.6 is 0 Å². The number of methoxy groups -OCH3 is 1. The van der Waals surface area contributed by atoms with Gasteiger partial charge in [-0.25, -0.2) is 0 Å². The van der Waals surface area contributed by atoms with Gasteiger partial charge in [0.25, 0.3) is 0 Å². The normalized spacial score (nSPS) is 14.0. The first-order valence-electron chi connectivity index (χ1n) is 6.80. The molecule has 1 saturated carbocycles. The molecule has 0 radical (unpaired) electrons. The van der Waals surface area contributed by atoms with Gasteiger partial charge in [0, 0.05) is 7.11 Å². The van der Waals surface area contributed by atoms with E-state index in [2.05, 4.69) is 26.1 Å². The number of amides is 1. The van der Waals surface area contributed by atoms with Crippen LogP contribution in [-0.4, -0.2) is 43.7 Å². The Morgan fingerprint density at radius 2 is 1.84 bits per heavy atom. The predicted octanol–water partition coefficient (Wildman–Crippen LogP) is 1.53. The maximum atomic E-state index is 10.1. The van der Waals surface area contributed by atoms with E-state index in [-0.39, 0.29) is 6.54 Å². The summed E-state index contributed by atoms with van der Waals surface area (Å²) >= 11 is 0. The number of ether oxygens (including phenoxy) is 1. The van der Waals surface area contributed by atoms with Crippen LogP contribution in [0.2, 0.25) is 0 Å². The van der Waals surface area contributed by atoms with Crippen LogP contribution in [0.25, 0.3) is 0 Å². The minimum atomic E-state index is -0.513. The largest absolute Gasteiger partial charge is 0.389 e. The van der Waals surface area contributed by atoms with Gasteiger partial charge in [-0.15, -0.1) is 0 Å². The zero-order valence-corrected chi connectivity index (χ0v) is 12.6. The first-order chi connectivity index (χ1) is 8.97. The number of ketones is 1. The molecule has 0 heterocycles. The molecule has 1 fully saturated rings.